The summed E-state index contributed by atoms with van der Waals surface area (Å²) in [6, 6.07) is 17.3. The van der Waals surface area contributed by atoms with E-state index in [9.17, 15) is 4.79 Å². The molecule has 0 radical (unpaired) electrons. The number of esters is 1. The zero-order chi connectivity index (χ0) is 23.1. The second kappa shape index (κ2) is 10.9. The van der Waals surface area contributed by atoms with Gasteiger partial charge in [0, 0.05) is 10.7 Å². The van der Waals surface area contributed by atoms with Crippen molar-refractivity contribution in [1.82, 2.24) is 5.43 Å². The Kier molecular flexibility index (Phi) is 8.05. The number of aryl methyl sites for hydroxylation is 1. The molecule has 0 unspecified atom stereocenters. The number of halogens is 2. The van der Waals surface area contributed by atoms with Crippen LogP contribution in [0, 0.1) is 6.92 Å². The molecular weight excluding hydrogens is 469 g/mol. The van der Waals surface area contributed by atoms with Gasteiger partial charge in [-0.3, -0.25) is 5.43 Å². The lowest BCUT2D eigenvalue weighted by Crippen LogP contribution is -2.23. The first kappa shape index (κ1) is 23.5. The number of hydrogen-bond acceptors (Lipinski definition) is 5. The Hall–Kier alpha value is -3.13. The maximum Gasteiger partial charge on any atom is 0.345 e. The van der Waals surface area contributed by atoms with E-state index in [-0.39, 0.29) is 16.3 Å². The fourth-order valence-corrected chi connectivity index (χ4v) is 3.36. The molecule has 32 heavy (non-hydrogen) atoms. The molecule has 0 aliphatic rings. The number of ether oxygens (including phenoxy) is 2. The van der Waals surface area contributed by atoms with Crippen LogP contribution in [0.2, 0.25) is 10.0 Å². The van der Waals surface area contributed by atoms with Gasteiger partial charge in [-0.1, -0.05) is 35.3 Å². The SMILES string of the molecule is COc1cc(/C=N/NC(=S)Nc2cccc(C)c2)ccc1OC(=O)c1ccc(Cl)cc1Cl. The van der Waals surface area contributed by atoms with Gasteiger partial charge in [0.1, 0.15) is 0 Å². The minimum atomic E-state index is -0.624. The van der Waals surface area contributed by atoms with Crippen molar-refractivity contribution in [2.24, 2.45) is 5.10 Å². The van der Waals surface area contributed by atoms with Crippen molar-refractivity contribution in [1.29, 1.82) is 0 Å². The van der Waals surface area contributed by atoms with Crippen LogP contribution in [0.25, 0.3) is 0 Å². The summed E-state index contributed by atoms with van der Waals surface area (Å²) in [6.45, 7) is 2.00. The van der Waals surface area contributed by atoms with Crippen LogP contribution < -0.4 is 20.2 Å². The molecule has 0 aliphatic carbocycles. The van der Waals surface area contributed by atoms with E-state index in [4.69, 9.17) is 44.9 Å². The van der Waals surface area contributed by atoms with Gasteiger partial charge in [0.2, 0.25) is 0 Å². The van der Waals surface area contributed by atoms with Crippen LogP contribution in [-0.2, 0) is 0 Å². The Balaban J connectivity index is 1.64. The van der Waals surface area contributed by atoms with E-state index in [0.717, 1.165) is 11.3 Å². The highest BCUT2D eigenvalue weighted by Gasteiger charge is 2.16. The lowest BCUT2D eigenvalue weighted by atomic mass is 10.2. The van der Waals surface area contributed by atoms with Gasteiger partial charge in [-0.25, -0.2) is 4.79 Å². The average Bonchev–Trinajstić information content (AvgIpc) is 2.74. The molecule has 3 aromatic carbocycles. The highest BCUT2D eigenvalue weighted by atomic mass is 35.5. The van der Waals surface area contributed by atoms with Crippen LogP contribution >= 0.6 is 35.4 Å². The summed E-state index contributed by atoms with van der Waals surface area (Å²) in [4.78, 5) is 12.5. The summed E-state index contributed by atoms with van der Waals surface area (Å²) < 4.78 is 10.8. The lowest BCUT2D eigenvalue weighted by molar-refractivity contribution is 0.0730. The lowest BCUT2D eigenvalue weighted by Gasteiger charge is -2.11. The number of hydrogen-bond donors (Lipinski definition) is 2. The molecule has 3 rings (SSSR count). The van der Waals surface area contributed by atoms with Crippen LogP contribution in [-0.4, -0.2) is 24.4 Å². The van der Waals surface area contributed by atoms with Crippen LogP contribution in [0.3, 0.4) is 0 Å². The van der Waals surface area contributed by atoms with E-state index < -0.39 is 5.97 Å². The summed E-state index contributed by atoms with van der Waals surface area (Å²) in [5.74, 6) is -0.0290. The number of methoxy groups -OCH3 is 1. The van der Waals surface area contributed by atoms with Crippen LogP contribution in [0.4, 0.5) is 5.69 Å². The molecule has 6 nitrogen and oxygen atoms in total. The Labute approximate surface area is 201 Å². The second-order valence-electron chi connectivity index (χ2n) is 6.62. The molecule has 164 valence electrons. The van der Waals surface area contributed by atoms with Crippen molar-refractivity contribution in [2.75, 3.05) is 12.4 Å². The molecule has 0 atom stereocenters. The maximum absolute atomic E-state index is 12.5. The second-order valence-corrected chi connectivity index (χ2v) is 7.87. The van der Waals surface area contributed by atoms with E-state index >= 15 is 0 Å². The molecule has 9 heteroatoms. The zero-order valence-electron chi connectivity index (χ0n) is 17.2. The molecule has 0 saturated carbocycles. The fourth-order valence-electron chi connectivity index (χ4n) is 2.71. The summed E-state index contributed by atoms with van der Waals surface area (Å²) in [5, 5.41) is 8.15. The average molecular weight is 488 g/mol. The van der Waals surface area contributed by atoms with Gasteiger partial charge in [0.15, 0.2) is 16.6 Å². The summed E-state index contributed by atoms with van der Waals surface area (Å²) in [7, 11) is 1.47. The molecule has 0 fully saturated rings. The smallest absolute Gasteiger partial charge is 0.345 e. The minimum Gasteiger partial charge on any atom is -0.493 e. The predicted molar refractivity (Wildman–Crippen MR) is 133 cm³/mol. The molecule has 3 aromatic rings. The highest BCUT2D eigenvalue weighted by molar-refractivity contribution is 7.80. The van der Waals surface area contributed by atoms with E-state index in [1.54, 1.807) is 30.5 Å². The quantitative estimate of drug-likeness (QED) is 0.149. The number of benzene rings is 3. The monoisotopic (exact) mass is 487 g/mol. The Morgan fingerprint density at radius 2 is 1.88 bits per heavy atom. The molecule has 0 bridgehead atoms. The number of nitrogens with one attached hydrogen (secondary N) is 2. The Morgan fingerprint density at radius 3 is 2.59 bits per heavy atom. The van der Waals surface area contributed by atoms with Crippen molar-refractivity contribution >= 4 is 58.4 Å². The predicted octanol–water partition coefficient (Wildman–Crippen LogP) is 5.85. The van der Waals surface area contributed by atoms with Gasteiger partial charge in [-0.2, -0.15) is 5.10 Å². The number of thiocarbonyl (C=S) groups is 1. The van der Waals surface area contributed by atoms with Gasteiger partial charge in [0.25, 0.3) is 0 Å². The molecule has 2 N–H and O–H groups in total. The fraction of sp³-hybridized carbons (Fsp3) is 0.0870. The van der Waals surface area contributed by atoms with Gasteiger partial charge >= 0.3 is 5.97 Å². The normalized spacial score (nSPS) is 10.6. The van der Waals surface area contributed by atoms with Gasteiger partial charge < -0.3 is 14.8 Å². The number of carbonyl (C=O) groups excluding carboxylic acids is 1. The van der Waals surface area contributed by atoms with Gasteiger partial charge in [-0.15, -0.1) is 0 Å². The first-order valence-corrected chi connectivity index (χ1v) is 10.5. The maximum atomic E-state index is 12.5. The minimum absolute atomic E-state index is 0.197. The summed E-state index contributed by atoms with van der Waals surface area (Å²) in [6.07, 6.45) is 1.56. The number of hydrazone groups is 1. The Morgan fingerprint density at radius 1 is 1.06 bits per heavy atom. The Bertz CT molecular complexity index is 1180. The third-order valence-corrected chi connectivity index (χ3v) is 4.94. The van der Waals surface area contributed by atoms with Crippen molar-refractivity contribution in [3.05, 3.63) is 87.4 Å². The summed E-state index contributed by atoms with van der Waals surface area (Å²) >= 11 is 17.2. The molecule has 0 aromatic heterocycles. The highest BCUT2D eigenvalue weighted by Crippen LogP contribution is 2.30. The first-order chi connectivity index (χ1) is 15.4. The van der Waals surface area contributed by atoms with Crippen molar-refractivity contribution in [3.63, 3.8) is 0 Å². The number of rotatable bonds is 6. The molecule has 0 spiro atoms. The largest absolute Gasteiger partial charge is 0.493 e. The molecule has 0 amide bonds. The van der Waals surface area contributed by atoms with E-state index in [2.05, 4.69) is 15.8 Å². The van der Waals surface area contributed by atoms with Crippen molar-refractivity contribution in [3.8, 4) is 11.5 Å². The molecular formula is C23H19Cl2N3O3S. The number of nitrogens with zero attached hydrogens (tertiary/aromatic N) is 1. The zero-order valence-corrected chi connectivity index (χ0v) is 19.5. The number of anilines is 1. The van der Waals surface area contributed by atoms with Crippen molar-refractivity contribution in [2.45, 2.75) is 6.92 Å². The van der Waals surface area contributed by atoms with Gasteiger partial charge in [0.05, 0.1) is 23.9 Å². The van der Waals surface area contributed by atoms with E-state index in [1.807, 2.05) is 31.2 Å². The molecule has 0 heterocycles. The third kappa shape index (κ3) is 6.43. The standard InChI is InChI=1S/C23H19Cl2N3O3S/c1-14-4-3-5-17(10-14)27-23(32)28-26-13-15-6-9-20(21(11-15)30-2)31-22(29)18-8-7-16(24)12-19(18)25/h3-13H,1-2H3,(H2,27,28,32)/b26-13+. The molecule has 0 aliphatic heterocycles. The van der Waals surface area contributed by atoms with E-state index in [0.29, 0.717) is 21.4 Å². The summed E-state index contributed by atoms with van der Waals surface area (Å²) in [5.41, 5.74) is 5.64. The van der Waals surface area contributed by atoms with Crippen LogP contribution in [0.1, 0.15) is 21.5 Å². The third-order valence-electron chi connectivity index (χ3n) is 4.20. The topological polar surface area (TPSA) is 71.9 Å². The van der Waals surface area contributed by atoms with E-state index in [1.165, 1.54) is 19.2 Å². The first-order valence-electron chi connectivity index (χ1n) is 9.37. The van der Waals surface area contributed by atoms with Gasteiger partial charge in [-0.05, 0) is 78.8 Å². The van der Waals surface area contributed by atoms with Crippen LogP contribution in [0.15, 0.2) is 65.8 Å². The number of carbonyl (C=O) groups is 1. The molecule has 0 saturated heterocycles. The van der Waals surface area contributed by atoms with Crippen molar-refractivity contribution < 1.29 is 14.3 Å². The van der Waals surface area contributed by atoms with Crippen LogP contribution in [0.5, 0.6) is 11.5 Å².